The van der Waals surface area contributed by atoms with Crippen molar-refractivity contribution in [3.05, 3.63) is 93.0 Å². The lowest BCUT2D eigenvalue weighted by atomic mass is 9.97. The summed E-state index contributed by atoms with van der Waals surface area (Å²) in [6.45, 7) is 2.97. The van der Waals surface area contributed by atoms with Crippen molar-refractivity contribution in [2.45, 2.75) is 26.3 Å². The molecule has 188 valence electrons. The van der Waals surface area contributed by atoms with Crippen LogP contribution in [0.4, 0.5) is 18.9 Å². The summed E-state index contributed by atoms with van der Waals surface area (Å²) >= 11 is 0. The highest BCUT2D eigenvalue weighted by Gasteiger charge is 2.33. The van der Waals surface area contributed by atoms with Gasteiger partial charge in [-0.1, -0.05) is 12.1 Å². The number of fused-ring (bicyclic) bond motifs is 3. The fourth-order valence-corrected chi connectivity index (χ4v) is 4.48. The lowest BCUT2D eigenvalue weighted by Gasteiger charge is -2.23. The summed E-state index contributed by atoms with van der Waals surface area (Å²) in [7, 11) is 0. The minimum Gasteiger partial charge on any atom is -0.373 e. The van der Waals surface area contributed by atoms with E-state index in [9.17, 15) is 27.6 Å². The molecule has 0 saturated carbocycles. The van der Waals surface area contributed by atoms with Crippen molar-refractivity contribution in [2.24, 2.45) is 0 Å². The number of halogens is 3. The van der Waals surface area contributed by atoms with Crippen molar-refractivity contribution in [3.8, 4) is 11.1 Å². The normalized spacial score (nSPS) is 13.3. The third kappa shape index (κ3) is 4.51. The number of anilines is 1. The zero-order chi connectivity index (χ0) is 26.3. The van der Waals surface area contributed by atoms with Crippen LogP contribution in [0.25, 0.3) is 22.0 Å². The van der Waals surface area contributed by atoms with E-state index < -0.39 is 17.8 Å². The number of aldehydes is 1. The molecule has 0 fully saturated rings. The molecule has 5 rings (SSSR count). The van der Waals surface area contributed by atoms with Gasteiger partial charge in [0.05, 0.1) is 30.0 Å². The first-order valence-electron chi connectivity index (χ1n) is 11.4. The Hall–Kier alpha value is -4.31. The molecule has 10 heteroatoms. The number of nitrogens with zero attached hydrogens (tertiary/aromatic N) is 2. The summed E-state index contributed by atoms with van der Waals surface area (Å²) < 4.78 is 46.3. The van der Waals surface area contributed by atoms with Crippen molar-refractivity contribution in [1.82, 2.24) is 9.55 Å². The molecule has 0 unspecified atom stereocenters. The molecule has 0 bridgehead atoms. The second-order valence-corrected chi connectivity index (χ2v) is 8.65. The Kier molecular flexibility index (Phi) is 6.12. The number of aromatic nitrogens is 2. The summed E-state index contributed by atoms with van der Waals surface area (Å²) in [5.74, 6) is -0.705. The highest BCUT2D eigenvalue weighted by atomic mass is 19.4. The second-order valence-electron chi connectivity index (χ2n) is 8.65. The SMILES string of the molecule is Cc1ccc(NC(=O)c2ccnc(C(F)(F)F)c2)cc1-c1ccc2c(=O)c(C=O)c3n(c2c1)CCOC3. The number of aryl methyl sites for hydroxylation is 1. The Morgan fingerprint density at radius 3 is 2.70 bits per heavy atom. The van der Waals surface area contributed by atoms with Crippen LogP contribution in [0.2, 0.25) is 0 Å². The lowest BCUT2D eigenvalue weighted by Crippen LogP contribution is -2.26. The number of amides is 1. The number of pyridine rings is 2. The molecule has 37 heavy (non-hydrogen) atoms. The number of nitrogens with one attached hydrogen (secondary N) is 1. The van der Waals surface area contributed by atoms with Gasteiger partial charge in [-0.2, -0.15) is 13.2 Å². The number of carbonyl (C=O) groups excluding carboxylic acids is 2. The maximum atomic E-state index is 13.0. The molecule has 2 aromatic carbocycles. The van der Waals surface area contributed by atoms with E-state index in [1.807, 2.05) is 17.6 Å². The molecule has 2 aromatic heterocycles. The molecule has 3 heterocycles. The van der Waals surface area contributed by atoms with Crippen molar-refractivity contribution in [2.75, 3.05) is 11.9 Å². The zero-order valence-corrected chi connectivity index (χ0v) is 19.6. The van der Waals surface area contributed by atoms with Gasteiger partial charge in [-0.3, -0.25) is 19.4 Å². The number of hydrogen-bond donors (Lipinski definition) is 1. The van der Waals surface area contributed by atoms with Crippen LogP contribution < -0.4 is 10.7 Å². The number of rotatable bonds is 4. The highest BCUT2D eigenvalue weighted by molar-refractivity contribution is 6.04. The summed E-state index contributed by atoms with van der Waals surface area (Å²) in [4.78, 5) is 40.5. The highest BCUT2D eigenvalue weighted by Crippen LogP contribution is 2.31. The lowest BCUT2D eigenvalue weighted by molar-refractivity contribution is -0.141. The van der Waals surface area contributed by atoms with Crippen molar-refractivity contribution in [1.29, 1.82) is 0 Å². The Bertz CT molecular complexity index is 1630. The van der Waals surface area contributed by atoms with Gasteiger partial charge >= 0.3 is 6.18 Å². The van der Waals surface area contributed by atoms with Crippen LogP contribution in [-0.4, -0.2) is 28.4 Å². The third-order valence-corrected chi connectivity index (χ3v) is 6.35. The number of carbonyl (C=O) groups is 2. The minimum absolute atomic E-state index is 0.0885. The predicted molar refractivity (Wildman–Crippen MR) is 131 cm³/mol. The molecule has 1 aliphatic rings. The maximum absolute atomic E-state index is 13.0. The van der Waals surface area contributed by atoms with Crippen LogP contribution in [0.5, 0.6) is 0 Å². The number of benzene rings is 2. The van der Waals surface area contributed by atoms with E-state index in [1.165, 1.54) is 6.07 Å². The first kappa shape index (κ1) is 24.4. The van der Waals surface area contributed by atoms with Crippen LogP contribution in [0, 0.1) is 6.92 Å². The van der Waals surface area contributed by atoms with Crippen molar-refractivity contribution < 1.29 is 27.5 Å². The van der Waals surface area contributed by atoms with Gasteiger partial charge in [-0.25, -0.2) is 0 Å². The van der Waals surface area contributed by atoms with E-state index >= 15 is 0 Å². The van der Waals surface area contributed by atoms with Crippen LogP contribution in [0.1, 0.15) is 37.7 Å². The average Bonchev–Trinajstić information content (AvgIpc) is 2.89. The topological polar surface area (TPSA) is 90.3 Å². The van der Waals surface area contributed by atoms with Gasteiger partial charge in [0.25, 0.3) is 5.91 Å². The maximum Gasteiger partial charge on any atom is 0.433 e. The third-order valence-electron chi connectivity index (χ3n) is 6.35. The summed E-state index contributed by atoms with van der Waals surface area (Å²) in [6.07, 6.45) is -3.16. The Labute approximate surface area is 208 Å². The second kappa shape index (κ2) is 9.29. The molecule has 7 nitrogen and oxygen atoms in total. The molecule has 0 aliphatic carbocycles. The standard InChI is InChI=1S/C27H20F3N3O4/c1-15-2-4-18(32-26(36)17-6-7-31-24(11-17)27(28,29)30)12-20(15)16-3-5-19-22(10-16)33-8-9-37-14-23(33)21(13-34)25(19)35/h2-7,10-13H,8-9,14H2,1H3,(H,32,36). The first-order chi connectivity index (χ1) is 17.7. The van der Waals surface area contributed by atoms with Gasteiger partial charge in [0.2, 0.25) is 0 Å². The summed E-state index contributed by atoms with van der Waals surface area (Å²) in [5.41, 5.74) is 2.40. The fraction of sp³-hybridized carbons (Fsp3) is 0.185. The van der Waals surface area contributed by atoms with Crippen molar-refractivity contribution >= 4 is 28.8 Å². The molecule has 1 aliphatic heterocycles. The minimum atomic E-state index is -4.66. The molecule has 0 spiro atoms. The van der Waals surface area contributed by atoms with Crippen molar-refractivity contribution in [3.63, 3.8) is 0 Å². The van der Waals surface area contributed by atoms with Gasteiger partial charge in [0.1, 0.15) is 5.69 Å². The smallest absolute Gasteiger partial charge is 0.373 e. The zero-order valence-electron chi connectivity index (χ0n) is 19.6. The average molecular weight is 507 g/mol. The van der Waals surface area contributed by atoms with Crippen LogP contribution >= 0.6 is 0 Å². The molecule has 1 amide bonds. The summed E-state index contributed by atoms with van der Waals surface area (Å²) in [6, 6.07) is 12.4. The van der Waals surface area contributed by atoms with Gasteiger partial charge in [-0.05, 0) is 60.0 Å². The number of ether oxygens (including phenoxy) is 1. The van der Waals surface area contributed by atoms with Crippen LogP contribution in [0.3, 0.4) is 0 Å². The van der Waals surface area contributed by atoms with Crippen LogP contribution in [0.15, 0.2) is 59.5 Å². The Morgan fingerprint density at radius 2 is 1.95 bits per heavy atom. The summed E-state index contributed by atoms with van der Waals surface area (Å²) in [5, 5.41) is 3.05. The monoisotopic (exact) mass is 507 g/mol. The van der Waals surface area contributed by atoms with E-state index in [0.717, 1.165) is 22.9 Å². The fourth-order valence-electron chi connectivity index (χ4n) is 4.48. The van der Waals surface area contributed by atoms with E-state index in [1.54, 1.807) is 30.3 Å². The van der Waals surface area contributed by atoms with Gasteiger partial charge in [0, 0.05) is 29.4 Å². The predicted octanol–water partition coefficient (Wildman–Crippen LogP) is 4.99. The van der Waals surface area contributed by atoms with E-state index in [4.69, 9.17) is 4.74 Å². The number of alkyl halides is 3. The van der Waals surface area contributed by atoms with Gasteiger partial charge in [0.15, 0.2) is 11.7 Å². The molecule has 1 N–H and O–H groups in total. The molecule has 4 aromatic rings. The molecule has 0 radical (unpaired) electrons. The van der Waals surface area contributed by atoms with E-state index in [0.29, 0.717) is 47.8 Å². The Balaban J connectivity index is 1.53. The molecule has 0 atom stereocenters. The Morgan fingerprint density at radius 1 is 1.14 bits per heavy atom. The first-order valence-corrected chi connectivity index (χ1v) is 11.4. The molecular weight excluding hydrogens is 487 g/mol. The number of hydrogen-bond acceptors (Lipinski definition) is 5. The van der Waals surface area contributed by atoms with Gasteiger partial charge in [-0.15, -0.1) is 0 Å². The van der Waals surface area contributed by atoms with E-state index in [2.05, 4.69) is 10.3 Å². The quantitative estimate of drug-likeness (QED) is 0.394. The van der Waals surface area contributed by atoms with Gasteiger partial charge < -0.3 is 14.6 Å². The van der Waals surface area contributed by atoms with E-state index in [-0.39, 0.29) is 23.2 Å². The largest absolute Gasteiger partial charge is 0.433 e. The molecule has 0 saturated heterocycles. The van der Waals surface area contributed by atoms with Crippen LogP contribution in [-0.2, 0) is 24.1 Å². The molecular formula is C27H20F3N3O4.